The lowest BCUT2D eigenvalue weighted by Crippen LogP contribution is -2.14. The molecule has 0 aliphatic rings. The summed E-state index contributed by atoms with van der Waals surface area (Å²) < 4.78 is 1.63. The number of aryl methyl sites for hydroxylation is 2. The minimum absolute atomic E-state index is 0.0641. The largest absolute Gasteiger partial charge is 0.481 e. The molecule has 0 spiro atoms. The van der Waals surface area contributed by atoms with E-state index in [1.807, 2.05) is 26.8 Å². The summed E-state index contributed by atoms with van der Waals surface area (Å²) in [6.07, 6.45) is 0.799. The number of tetrazole rings is 1. The summed E-state index contributed by atoms with van der Waals surface area (Å²) in [7, 11) is 0. The Morgan fingerprint density at radius 3 is 2.81 bits per heavy atom. The number of rotatable bonds is 6. The highest BCUT2D eigenvalue weighted by Gasteiger charge is 2.17. The molecule has 0 saturated heterocycles. The van der Waals surface area contributed by atoms with Crippen molar-refractivity contribution in [3.63, 3.8) is 0 Å². The van der Waals surface area contributed by atoms with Crippen LogP contribution in [0.5, 0.6) is 0 Å². The molecule has 2 heterocycles. The summed E-state index contributed by atoms with van der Waals surface area (Å²) in [5.74, 6) is -0.291. The van der Waals surface area contributed by atoms with Crippen molar-refractivity contribution in [2.45, 2.75) is 40.2 Å². The first-order valence-electron chi connectivity index (χ1n) is 6.82. The molecule has 2 aromatic rings. The average molecular weight is 290 g/mol. The minimum atomic E-state index is -0.826. The first kappa shape index (κ1) is 15.0. The first-order chi connectivity index (χ1) is 10.0. The SMILES string of the molecule is CCc1nnc(C)cc1-c1nnnn1CC(C)CC(=O)O. The zero-order chi connectivity index (χ0) is 15.4. The van der Waals surface area contributed by atoms with Crippen molar-refractivity contribution in [3.8, 4) is 11.4 Å². The number of carboxylic acid groups (broad SMARTS) is 1. The Morgan fingerprint density at radius 1 is 1.38 bits per heavy atom. The maximum Gasteiger partial charge on any atom is 0.303 e. The Labute approximate surface area is 122 Å². The molecular formula is C13H18N6O2. The average Bonchev–Trinajstić information content (AvgIpc) is 2.85. The van der Waals surface area contributed by atoms with E-state index in [-0.39, 0.29) is 12.3 Å². The van der Waals surface area contributed by atoms with Crippen molar-refractivity contribution in [3.05, 3.63) is 17.5 Å². The van der Waals surface area contributed by atoms with E-state index in [2.05, 4.69) is 25.7 Å². The van der Waals surface area contributed by atoms with Gasteiger partial charge in [0.2, 0.25) is 0 Å². The van der Waals surface area contributed by atoms with Crippen LogP contribution in [0.2, 0.25) is 0 Å². The molecule has 0 aliphatic carbocycles. The quantitative estimate of drug-likeness (QED) is 0.849. The molecule has 0 aromatic carbocycles. The van der Waals surface area contributed by atoms with Gasteiger partial charge in [-0.25, -0.2) is 4.68 Å². The third kappa shape index (κ3) is 3.59. The number of aliphatic carboxylic acids is 1. The Bertz CT molecular complexity index is 639. The van der Waals surface area contributed by atoms with Crippen molar-refractivity contribution < 1.29 is 9.90 Å². The van der Waals surface area contributed by atoms with Crippen LogP contribution in [0.4, 0.5) is 0 Å². The normalized spacial score (nSPS) is 12.3. The summed E-state index contributed by atoms with van der Waals surface area (Å²) in [6, 6.07) is 1.90. The molecular weight excluding hydrogens is 272 g/mol. The number of carbonyl (C=O) groups is 1. The number of aromatic nitrogens is 6. The summed E-state index contributed by atoms with van der Waals surface area (Å²) in [5, 5.41) is 28.8. The van der Waals surface area contributed by atoms with Crippen molar-refractivity contribution >= 4 is 5.97 Å². The lowest BCUT2D eigenvalue weighted by Gasteiger charge is -2.11. The van der Waals surface area contributed by atoms with E-state index in [1.54, 1.807) is 4.68 Å². The molecule has 0 aliphatic heterocycles. The highest BCUT2D eigenvalue weighted by Crippen LogP contribution is 2.21. The fourth-order valence-corrected chi connectivity index (χ4v) is 2.15. The van der Waals surface area contributed by atoms with Crippen molar-refractivity contribution in [1.29, 1.82) is 0 Å². The van der Waals surface area contributed by atoms with Crippen molar-refractivity contribution in [2.24, 2.45) is 5.92 Å². The molecule has 112 valence electrons. The summed E-state index contributed by atoms with van der Waals surface area (Å²) in [4.78, 5) is 10.8. The van der Waals surface area contributed by atoms with Gasteiger partial charge in [0.1, 0.15) is 0 Å². The predicted octanol–water partition coefficient (Wildman–Crippen LogP) is 1.11. The molecule has 1 atom stereocenters. The Balaban J connectivity index is 2.32. The van der Waals surface area contributed by atoms with Crippen LogP contribution in [-0.2, 0) is 17.8 Å². The van der Waals surface area contributed by atoms with Gasteiger partial charge in [-0.15, -0.1) is 5.10 Å². The zero-order valence-corrected chi connectivity index (χ0v) is 12.3. The smallest absolute Gasteiger partial charge is 0.303 e. The van der Waals surface area contributed by atoms with Crippen LogP contribution in [0.1, 0.15) is 31.7 Å². The summed E-state index contributed by atoms with van der Waals surface area (Å²) in [5.41, 5.74) is 2.45. The maximum absolute atomic E-state index is 10.8. The van der Waals surface area contributed by atoms with E-state index >= 15 is 0 Å². The van der Waals surface area contributed by atoms with Crippen LogP contribution in [0, 0.1) is 12.8 Å². The van der Waals surface area contributed by atoms with E-state index in [1.165, 1.54) is 0 Å². The second kappa shape index (κ2) is 6.38. The monoisotopic (exact) mass is 290 g/mol. The lowest BCUT2D eigenvalue weighted by molar-refractivity contribution is -0.138. The second-order valence-corrected chi connectivity index (χ2v) is 5.09. The maximum atomic E-state index is 10.8. The molecule has 0 bridgehead atoms. The van der Waals surface area contributed by atoms with E-state index < -0.39 is 5.97 Å². The van der Waals surface area contributed by atoms with E-state index in [0.29, 0.717) is 12.4 Å². The van der Waals surface area contributed by atoms with E-state index in [0.717, 1.165) is 23.4 Å². The highest BCUT2D eigenvalue weighted by atomic mass is 16.4. The van der Waals surface area contributed by atoms with Gasteiger partial charge in [0, 0.05) is 18.5 Å². The van der Waals surface area contributed by atoms with Crippen LogP contribution in [0.3, 0.4) is 0 Å². The Hall–Kier alpha value is -2.38. The zero-order valence-electron chi connectivity index (χ0n) is 12.3. The van der Waals surface area contributed by atoms with Gasteiger partial charge in [-0.05, 0) is 35.8 Å². The Morgan fingerprint density at radius 2 is 2.14 bits per heavy atom. The number of hydrogen-bond donors (Lipinski definition) is 1. The van der Waals surface area contributed by atoms with Gasteiger partial charge in [-0.1, -0.05) is 13.8 Å². The van der Waals surface area contributed by atoms with Crippen LogP contribution < -0.4 is 0 Å². The number of carboxylic acids is 1. The molecule has 0 saturated carbocycles. The second-order valence-electron chi connectivity index (χ2n) is 5.09. The fourth-order valence-electron chi connectivity index (χ4n) is 2.15. The van der Waals surface area contributed by atoms with Crippen LogP contribution >= 0.6 is 0 Å². The van der Waals surface area contributed by atoms with Gasteiger partial charge < -0.3 is 5.11 Å². The summed E-state index contributed by atoms with van der Waals surface area (Å²) in [6.45, 7) is 6.15. The minimum Gasteiger partial charge on any atom is -0.481 e. The topological polar surface area (TPSA) is 107 Å². The molecule has 0 amide bonds. The molecule has 1 unspecified atom stereocenters. The summed E-state index contributed by atoms with van der Waals surface area (Å²) >= 11 is 0. The molecule has 2 aromatic heterocycles. The van der Waals surface area contributed by atoms with Gasteiger partial charge in [0.05, 0.1) is 11.4 Å². The van der Waals surface area contributed by atoms with Gasteiger partial charge in [-0.2, -0.15) is 10.2 Å². The highest BCUT2D eigenvalue weighted by molar-refractivity contribution is 5.67. The van der Waals surface area contributed by atoms with Gasteiger partial charge in [0.15, 0.2) is 5.82 Å². The van der Waals surface area contributed by atoms with E-state index in [9.17, 15) is 4.79 Å². The third-order valence-corrected chi connectivity index (χ3v) is 3.11. The molecule has 0 fully saturated rings. The molecule has 0 radical (unpaired) electrons. The molecule has 21 heavy (non-hydrogen) atoms. The molecule has 8 nitrogen and oxygen atoms in total. The van der Waals surface area contributed by atoms with Crippen LogP contribution in [0.25, 0.3) is 11.4 Å². The predicted molar refractivity (Wildman–Crippen MR) is 74.4 cm³/mol. The standard InChI is InChI=1S/C13H18N6O2/c1-4-11-10(6-9(3)14-15-11)13-16-17-18-19(13)7-8(2)5-12(20)21/h6,8H,4-5,7H2,1-3H3,(H,20,21). The van der Waals surface area contributed by atoms with Gasteiger partial charge in [0.25, 0.3) is 0 Å². The first-order valence-corrected chi connectivity index (χ1v) is 6.82. The lowest BCUT2D eigenvalue weighted by atomic mass is 10.1. The number of hydrogen-bond acceptors (Lipinski definition) is 6. The fraction of sp³-hybridized carbons (Fsp3) is 0.538. The van der Waals surface area contributed by atoms with E-state index in [4.69, 9.17) is 5.11 Å². The molecule has 8 heteroatoms. The third-order valence-electron chi connectivity index (χ3n) is 3.11. The van der Waals surface area contributed by atoms with Crippen LogP contribution in [0.15, 0.2) is 6.07 Å². The van der Waals surface area contributed by atoms with Gasteiger partial charge in [-0.3, -0.25) is 4.79 Å². The van der Waals surface area contributed by atoms with Crippen LogP contribution in [-0.4, -0.2) is 41.5 Å². The van der Waals surface area contributed by atoms with Crippen molar-refractivity contribution in [1.82, 2.24) is 30.4 Å². The number of nitrogens with zero attached hydrogens (tertiary/aromatic N) is 6. The van der Waals surface area contributed by atoms with Crippen molar-refractivity contribution in [2.75, 3.05) is 0 Å². The molecule has 1 N–H and O–H groups in total. The Kier molecular flexibility index (Phi) is 4.56. The molecule has 2 rings (SSSR count). The van der Waals surface area contributed by atoms with Gasteiger partial charge >= 0.3 is 5.97 Å².